The second-order valence-electron chi connectivity index (χ2n) is 5.75. The summed E-state index contributed by atoms with van der Waals surface area (Å²) in [6.45, 7) is 0. The lowest BCUT2D eigenvalue weighted by Gasteiger charge is -2.27. The van der Waals surface area contributed by atoms with Crippen molar-refractivity contribution in [3.63, 3.8) is 0 Å². The monoisotopic (exact) mass is 314 g/mol. The first-order valence-corrected chi connectivity index (χ1v) is 8.56. The SMILES string of the molecule is c1ccc(C2Oc3ccccc3-c3sc4ccccc4c32)cc1. The van der Waals surface area contributed by atoms with Gasteiger partial charge in [-0.3, -0.25) is 0 Å². The molecule has 110 valence electrons. The summed E-state index contributed by atoms with van der Waals surface area (Å²) in [6, 6.07) is 27.5. The number of hydrogen-bond donors (Lipinski definition) is 0. The fourth-order valence-electron chi connectivity index (χ4n) is 3.33. The molecule has 2 heteroatoms. The van der Waals surface area contributed by atoms with Gasteiger partial charge in [0.2, 0.25) is 0 Å². The smallest absolute Gasteiger partial charge is 0.151 e. The van der Waals surface area contributed by atoms with Crippen LogP contribution in [-0.2, 0) is 0 Å². The zero-order valence-corrected chi connectivity index (χ0v) is 13.2. The average Bonchev–Trinajstić information content (AvgIpc) is 3.02. The van der Waals surface area contributed by atoms with Crippen LogP contribution in [0, 0.1) is 0 Å². The molecule has 1 nitrogen and oxygen atoms in total. The molecule has 1 aliphatic rings. The maximum absolute atomic E-state index is 6.42. The predicted octanol–water partition coefficient (Wildman–Crippen LogP) is 6.05. The van der Waals surface area contributed by atoms with Crippen LogP contribution in [0.15, 0.2) is 78.9 Å². The molecule has 0 saturated carbocycles. The van der Waals surface area contributed by atoms with E-state index in [0.717, 1.165) is 5.75 Å². The highest BCUT2D eigenvalue weighted by Crippen LogP contribution is 2.51. The molecule has 5 rings (SSSR count). The maximum atomic E-state index is 6.42. The van der Waals surface area contributed by atoms with Gasteiger partial charge in [-0.2, -0.15) is 0 Å². The Kier molecular flexibility index (Phi) is 2.79. The molecule has 0 fully saturated rings. The summed E-state index contributed by atoms with van der Waals surface area (Å²) in [4.78, 5) is 1.34. The topological polar surface area (TPSA) is 9.23 Å². The highest BCUT2D eigenvalue weighted by molar-refractivity contribution is 7.22. The fraction of sp³-hybridized carbons (Fsp3) is 0.0476. The van der Waals surface area contributed by atoms with Crippen LogP contribution in [-0.4, -0.2) is 0 Å². The molecule has 0 aliphatic carbocycles. The molecule has 0 spiro atoms. The Labute approximate surface area is 138 Å². The van der Waals surface area contributed by atoms with Crippen molar-refractivity contribution in [3.8, 4) is 16.2 Å². The van der Waals surface area contributed by atoms with E-state index in [0.29, 0.717) is 0 Å². The molecule has 0 amide bonds. The quantitative estimate of drug-likeness (QED) is 0.415. The average molecular weight is 314 g/mol. The number of thiophene rings is 1. The molecular formula is C21H14OS. The summed E-state index contributed by atoms with van der Waals surface area (Å²) in [6.07, 6.45) is -0.0442. The molecule has 23 heavy (non-hydrogen) atoms. The first kappa shape index (κ1) is 12.9. The van der Waals surface area contributed by atoms with Crippen LogP contribution in [0.25, 0.3) is 20.5 Å². The first-order chi connectivity index (χ1) is 11.4. The Balaban J connectivity index is 1.85. The lowest BCUT2D eigenvalue weighted by atomic mass is 9.93. The van der Waals surface area contributed by atoms with Crippen LogP contribution in [0.3, 0.4) is 0 Å². The molecule has 2 heterocycles. The van der Waals surface area contributed by atoms with Crippen LogP contribution in [0.5, 0.6) is 5.75 Å². The van der Waals surface area contributed by atoms with E-state index in [9.17, 15) is 0 Å². The van der Waals surface area contributed by atoms with Gasteiger partial charge in [0, 0.05) is 26.1 Å². The van der Waals surface area contributed by atoms with E-state index in [4.69, 9.17) is 4.74 Å². The van der Waals surface area contributed by atoms with Crippen molar-refractivity contribution in [1.29, 1.82) is 0 Å². The summed E-state index contributed by atoms with van der Waals surface area (Å²) in [5.74, 6) is 0.973. The van der Waals surface area contributed by atoms with E-state index in [1.165, 1.54) is 31.7 Å². The zero-order chi connectivity index (χ0) is 15.2. The third-order valence-corrected chi connectivity index (χ3v) is 5.59. The fourth-order valence-corrected chi connectivity index (χ4v) is 4.59. The Hall–Kier alpha value is -2.58. The molecule has 0 N–H and O–H groups in total. The van der Waals surface area contributed by atoms with Gasteiger partial charge in [0.15, 0.2) is 6.10 Å². The van der Waals surface area contributed by atoms with Crippen LogP contribution >= 0.6 is 11.3 Å². The van der Waals surface area contributed by atoms with E-state index in [2.05, 4.69) is 66.7 Å². The number of hydrogen-bond acceptors (Lipinski definition) is 2. The Morgan fingerprint density at radius 2 is 1.48 bits per heavy atom. The minimum Gasteiger partial charge on any atom is -0.480 e. The van der Waals surface area contributed by atoms with Gasteiger partial charge in [0.1, 0.15) is 5.75 Å². The van der Waals surface area contributed by atoms with Crippen molar-refractivity contribution in [1.82, 2.24) is 0 Å². The van der Waals surface area contributed by atoms with Gasteiger partial charge < -0.3 is 4.74 Å². The Morgan fingerprint density at radius 1 is 0.739 bits per heavy atom. The van der Waals surface area contributed by atoms with Crippen molar-refractivity contribution in [2.24, 2.45) is 0 Å². The van der Waals surface area contributed by atoms with E-state index < -0.39 is 0 Å². The van der Waals surface area contributed by atoms with Gasteiger partial charge in [0.25, 0.3) is 0 Å². The molecule has 0 radical (unpaired) electrons. The van der Waals surface area contributed by atoms with Crippen LogP contribution in [0.2, 0.25) is 0 Å². The maximum Gasteiger partial charge on any atom is 0.151 e. The summed E-state index contributed by atoms with van der Waals surface area (Å²) in [5.41, 5.74) is 3.71. The summed E-state index contributed by atoms with van der Waals surface area (Å²) >= 11 is 1.86. The number of ether oxygens (including phenoxy) is 1. The normalized spacial score (nSPS) is 15.7. The van der Waals surface area contributed by atoms with Crippen molar-refractivity contribution in [2.45, 2.75) is 6.10 Å². The van der Waals surface area contributed by atoms with Crippen molar-refractivity contribution >= 4 is 21.4 Å². The number of rotatable bonds is 1. The molecular weight excluding hydrogens is 300 g/mol. The minimum atomic E-state index is -0.0442. The van der Waals surface area contributed by atoms with E-state index in [-0.39, 0.29) is 6.10 Å². The first-order valence-electron chi connectivity index (χ1n) is 7.74. The van der Waals surface area contributed by atoms with E-state index >= 15 is 0 Å². The largest absolute Gasteiger partial charge is 0.480 e. The van der Waals surface area contributed by atoms with Gasteiger partial charge in [-0.15, -0.1) is 11.3 Å². The molecule has 4 aromatic rings. The highest BCUT2D eigenvalue weighted by atomic mass is 32.1. The zero-order valence-electron chi connectivity index (χ0n) is 12.4. The van der Waals surface area contributed by atoms with E-state index in [1.807, 2.05) is 23.5 Å². The Morgan fingerprint density at radius 3 is 2.39 bits per heavy atom. The summed E-state index contributed by atoms with van der Waals surface area (Å²) in [7, 11) is 0. The summed E-state index contributed by atoms with van der Waals surface area (Å²) < 4.78 is 7.74. The molecule has 1 atom stereocenters. The van der Waals surface area contributed by atoms with Gasteiger partial charge in [-0.05, 0) is 23.8 Å². The molecule has 1 aromatic heterocycles. The third-order valence-electron chi connectivity index (χ3n) is 4.37. The molecule has 0 bridgehead atoms. The Bertz CT molecular complexity index is 1000. The van der Waals surface area contributed by atoms with Crippen molar-refractivity contribution < 1.29 is 4.74 Å². The number of fused-ring (bicyclic) bond motifs is 5. The second kappa shape index (κ2) is 4.97. The lowest BCUT2D eigenvalue weighted by Crippen LogP contribution is -2.14. The van der Waals surface area contributed by atoms with Gasteiger partial charge in [0.05, 0.1) is 0 Å². The number of para-hydroxylation sites is 1. The van der Waals surface area contributed by atoms with Crippen molar-refractivity contribution in [2.75, 3.05) is 0 Å². The molecule has 0 saturated heterocycles. The minimum absolute atomic E-state index is 0.0442. The predicted molar refractivity (Wildman–Crippen MR) is 96.2 cm³/mol. The lowest BCUT2D eigenvalue weighted by molar-refractivity contribution is 0.246. The van der Waals surface area contributed by atoms with Gasteiger partial charge in [-0.1, -0.05) is 60.7 Å². The summed E-state index contributed by atoms with van der Waals surface area (Å²) in [5, 5.41) is 1.30. The number of benzene rings is 3. The molecule has 1 aliphatic heterocycles. The molecule has 1 unspecified atom stereocenters. The second-order valence-corrected chi connectivity index (χ2v) is 6.80. The van der Waals surface area contributed by atoms with Crippen LogP contribution < -0.4 is 4.74 Å². The molecule has 3 aromatic carbocycles. The van der Waals surface area contributed by atoms with Crippen molar-refractivity contribution in [3.05, 3.63) is 90.0 Å². The van der Waals surface area contributed by atoms with Crippen LogP contribution in [0.4, 0.5) is 0 Å². The van der Waals surface area contributed by atoms with E-state index in [1.54, 1.807) is 0 Å². The van der Waals surface area contributed by atoms with Crippen LogP contribution in [0.1, 0.15) is 17.2 Å². The third kappa shape index (κ3) is 1.92. The highest BCUT2D eigenvalue weighted by Gasteiger charge is 2.30. The van der Waals surface area contributed by atoms with Gasteiger partial charge >= 0.3 is 0 Å². The van der Waals surface area contributed by atoms with Gasteiger partial charge in [-0.25, -0.2) is 0 Å². The standard InChI is InChI=1S/C21H14OS/c1-2-8-14(9-3-1)20-19-16-11-5-7-13-18(16)23-21(19)15-10-4-6-12-17(15)22-20/h1-13,20H.